The van der Waals surface area contributed by atoms with E-state index in [1.54, 1.807) is 0 Å². The van der Waals surface area contributed by atoms with Crippen molar-refractivity contribution in [2.24, 2.45) is 5.92 Å². The Balaban J connectivity index is 1.94. The molecule has 4 nitrogen and oxygen atoms in total. The van der Waals surface area contributed by atoms with Crippen LogP contribution in [0.2, 0.25) is 0 Å². The summed E-state index contributed by atoms with van der Waals surface area (Å²) in [4.78, 5) is 13.5. The monoisotopic (exact) mass is 212 g/mol. The lowest BCUT2D eigenvalue weighted by molar-refractivity contribution is 0.117. The van der Waals surface area contributed by atoms with Crippen LogP contribution >= 0.6 is 0 Å². The molecule has 1 N–H and O–H groups in total. The van der Waals surface area contributed by atoms with Gasteiger partial charge in [-0.2, -0.15) is 0 Å². The van der Waals surface area contributed by atoms with Crippen molar-refractivity contribution in [1.29, 1.82) is 0 Å². The molecule has 2 rings (SSSR count). The molecule has 2 heterocycles. The van der Waals surface area contributed by atoms with Gasteiger partial charge in [0.05, 0.1) is 6.04 Å². The lowest BCUT2D eigenvalue weighted by atomic mass is 10.0. The smallest absolute Gasteiger partial charge is 0.410 e. The van der Waals surface area contributed by atoms with Gasteiger partial charge >= 0.3 is 6.09 Å². The van der Waals surface area contributed by atoms with Gasteiger partial charge in [0.2, 0.25) is 0 Å². The number of ether oxygens (including phenoxy) is 1. The summed E-state index contributed by atoms with van der Waals surface area (Å²) in [5.41, 5.74) is 0. The van der Waals surface area contributed by atoms with Crippen LogP contribution in [0.25, 0.3) is 0 Å². The van der Waals surface area contributed by atoms with E-state index in [1.165, 1.54) is 0 Å². The molecule has 0 radical (unpaired) electrons. The summed E-state index contributed by atoms with van der Waals surface area (Å²) in [6, 6.07) is 0.269. The van der Waals surface area contributed by atoms with E-state index in [0.29, 0.717) is 5.92 Å². The summed E-state index contributed by atoms with van der Waals surface area (Å²) in [5.74, 6) is 0.633. The molecule has 2 aliphatic heterocycles. The van der Waals surface area contributed by atoms with Gasteiger partial charge in [-0.1, -0.05) is 13.8 Å². The standard InChI is InChI=1S/C11H20N2O2/c1-8(2)4-6-13-9-7-12-5-3-10(9)15-11(13)14/h8-10,12H,3-7H2,1-2H3. The second kappa shape index (κ2) is 4.39. The number of fused-ring (bicyclic) bond motifs is 1. The van der Waals surface area contributed by atoms with Crippen LogP contribution in [0.4, 0.5) is 4.79 Å². The molecule has 15 heavy (non-hydrogen) atoms. The second-order valence-corrected chi connectivity index (χ2v) is 4.86. The van der Waals surface area contributed by atoms with Gasteiger partial charge < -0.3 is 15.0 Å². The fourth-order valence-corrected chi connectivity index (χ4v) is 2.25. The summed E-state index contributed by atoms with van der Waals surface area (Å²) >= 11 is 0. The predicted molar refractivity (Wildman–Crippen MR) is 57.7 cm³/mol. The number of amides is 1. The van der Waals surface area contributed by atoms with E-state index in [9.17, 15) is 4.79 Å². The maximum Gasteiger partial charge on any atom is 0.410 e. The average molecular weight is 212 g/mol. The fraction of sp³-hybridized carbons (Fsp3) is 0.909. The van der Waals surface area contributed by atoms with Gasteiger partial charge in [0, 0.05) is 13.1 Å². The highest BCUT2D eigenvalue weighted by atomic mass is 16.6. The molecule has 1 amide bonds. The van der Waals surface area contributed by atoms with E-state index in [1.807, 2.05) is 4.90 Å². The first-order chi connectivity index (χ1) is 7.18. The van der Waals surface area contributed by atoms with E-state index >= 15 is 0 Å². The van der Waals surface area contributed by atoms with Crippen molar-refractivity contribution in [1.82, 2.24) is 10.2 Å². The minimum Gasteiger partial charge on any atom is -0.444 e. The molecule has 4 heteroatoms. The first-order valence-corrected chi connectivity index (χ1v) is 5.86. The first-order valence-electron chi connectivity index (χ1n) is 5.86. The summed E-state index contributed by atoms with van der Waals surface area (Å²) in [6.07, 6.45) is 2.02. The van der Waals surface area contributed by atoms with Crippen LogP contribution in [-0.2, 0) is 4.74 Å². The Kier molecular flexibility index (Phi) is 3.14. The molecule has 0 aliphatic carbocycles. The highest BCUT2D eigenvalue weighted by Gasteiger charge is 2.42. The normalized spacial score (nSPS) is 30.6. The van der Waals surface area contributed by atoms with Crippen molar-refractivity contribution < 1.29 is 9.53 Å². The molecule has 0 aromatic rings. The van der Waals surface area contributed by atoms with Crippen molar-refractivity contribution in [3.05, 3.63) is 0 Å². The maximum atomic E-state index is 11.6. The lowest BCUT2D eigenvalue weighted by Crippen LogP contribution is -2.49. The Morgan fingerprint density at radius 1 is 1.60 bits per heavy atom. The van der Waals surface area contributed by atoms with Gasteiger partial charge in [-0.05, 0) is 25.3 Å². The lowest BCUT2D eigenvalue weighted by Gasteiger charge is -2.29. The second-order valence-electron chi connectivity index (χ2n) is 4.86. The number of nitrogens with zero attached hydrogens (tertiary/aromatic N) is 1. The van der Waals surface area contributed by atoms with Crippen LogP contribution in [0.1, 0.15) is 26.7 Å². The summed E-state index contributed by atoms with van der Waals surface area (Å²) in [6.45, 7) is 7.04. The summed E-state index contributed by atoms with van der Waals surface area (Å²) < 4.78 is 5.36. The van der Waals surface area contributed by atoms with E-state index in [-0.39, 0.29) is 18.2 Å². The van der Waals surface area contributed by atoms with Gasteiger partial charge in [-0.3, -0.25) is 0 Å². The zero-order valence-electron chi connectivity index (χ0n) is 9.53. The summed E-state index contributed by atoms with van der Waals surface area (Å²) in [5, 5.41) is 3.32. The van der Waals surface area contributed by atoms with Crippen LogP contribution in [0, 0.1) is 5.92 Å². The van der Waals surface area contributed by atoms with Crippen LogP contribution in [0.5, 0.6) is 0 Å². The van der Waals surface area contributed by atoms with Crippen molar-refractivity contribution in [2.45, 2.75) is 38.8 Å². The number of hydrogen-bond acceptors (Lipinski definition) is 3. The van der Waals surface area contributed by atoms with E-state index in [4.69, 9.17) is 4.74 Å². The number of rotatable bonds is 3. The Morgan fingerprint density at radius 3 is 3.13 bits per heavy atom. The van der Waals surface area contributed by atoms with Gasteiger partial charge in [0.25, 0.3) is 0 Å². The minimum absolute atomic E-state index is 0.116. The fourth-order valence-electron chi connectivity index (χ4n) is 2.25. The van der Waals surface area contributed by atoms with Crippen LogP contribution in [0.3, 0.4) is 0 Å². The Hall–Kier alpha value is -0.770. The molecular formula is C11H20N2O2. The third kappa shape index (κ3) is 2.25. The Labute approximate surface area is 91.0 Å². The third-order valence-electron chi connectivity index (χ3n) is 3.22. The largest absolute Gasteiger partial charge is 0.444 e. The number of hydrogen-bond donors (Lipinski definition) is 1. The molecule has 0 bridgehead atoms. The van der Waals surface area contributed by atoms with Crippen molar-refractivity contribution in [3.63, 3.8) is 0 Å². The molecular weight excluding hydrogens is 192 g/mol. The van der Waals surface area contributed by atoms with Crippen molar-refractivity contribution in [3.8, 4) is 0 Å². The van der Waals surface area contributed by atoms with E-state index in [0.717, 1.165) is 32.5 Å². The van der Waals surface area contributed by atoms with E-state index in [2.05, 4.69) is 19.2 Å². The first kappa shape index (κ1) is 10.7. The SMILES string of the molecule is CC(C)CCN1C(=O)OC2CCNCC21. The number of piperidine rings is 1. The van der Waals surface area contributed by atoms with Crippen molar-refractivity contribution >= 4 is 6.09 Å². The Bertz CT molecular complexity index is 243. The van der Waals surface area contributed by atoms with Gasteiger partial charge in [0.15, 0.2) is 0 Å². The van der Waals surface area contributed by atoms with Crippen LogP contribution < -0.4 is 5.32 Å². The van der Waals surface area contributed by atoms with Crippen LogP contribution in [0.15, 0.2) is 0 Å². The number of carbonyl (C=O) groups is 1. The third-order valence-corrected chi connectivity index (χ3v) is 3.22. The molecule has 2 fully saturated rings. The van der Waals surface area contributed by atoms with Crippen molar-refractivity contribution in [2.75, 3.05) is 19.6 Å². The topological polar surface area (TPSA) is 41.6 Å². The highest BCUT2D eigenvalue weighted by Crippen LogP contribution is 2.24. The molecule has 0 spiro atoms. The molecule has 86 valence electrons. The maximum absolute atomic E-state index is 11.6. The molecule has 0 aromatic carbocycles. The average Bonchev–Trinajstić information content (AvgIpc) is 2.50. The zero-order chi connectivity index (χ0) is 10.8. The van der Waals surface area contributed by atoms with Gasteiger partial charge in [0.1, 0.15) is 6.10 Å². The molecule has 0 saturated carbocycles. The molecule has 2 aliphatic rings. The minimum atomic E-state index is -0.116. The van der Waals surface area contributed by atoms with Gasteiger partial charge in [-0.25, -0.2) is 4.79 Å². The van der Waals surface area contributed by atoms with Crippen LogP contribution in [-0.4, -0.2) is 42.8 Å². The molecule has 2 atom stereocenters. The summed E-state index contributed by atoms with van der Waals surface area (Å²) in [7, 11) is 0. The number of carbonyl (C=O) groups excluding carboxylic acids is 1. The molecule has 2 saturated heterocycles. The predicted octanol–water partition coefficient (Wildman–Crippen LogP) is 1.22. The zero-order valence-corrected chi connectivity index (χ0v) is 9.53. The quantitative estimate of drug-likeness (QED) is 0.764. The van der Waals surface area contributed by atoms with E-state index < -0.39 is 0 Å². The molecule has 0 aromatic heterocycles. The van der Waals surface area contributed by atoms with Gasteiger partial charge in [-0.15, -0.1) is 0 Å². The Morgan fingerprint density at radius 2 is 2.40 bits per heavy atom. The number of nitrogens with one attached hydrogen (secondary N) is 1. The molecule has 2 unspecified atom stereocenters. The highest BCUT2D eigenvalue weighted by molar-refractivity contribution is 5.70.